The van der Waals surface area contributed by atoms with Crippen LogP contribution in [0.3, 0.4) is 0 Å². The van der Waals surface area contributed by atoms with Crippen LogP contribution in [-0.2, 0) is 9.59 Å². The molecule has 0 aliphatic heterocycles. The Morgan fingerprint density at radius 3 is 2.40 bits per heavy atom. The smallest absolute Gasteiger partial charge is 0.313 e. The number of nitrogens with one attached hydrogen (secondary N) is 1. The van der Waals surface area contributed by atoms with Crippen LogP contribution in [0.4, 0.5) is 5.69 Å². The SMILES string of the molecule is Cc1c(Cl)cccc1NC(=O)C(=O)N(CCO)CCO. The highest BCUT2D eigenvalue weighted by Gasteiger charge is 2.21. The van der Waals surface area contributed by atoms with Gasteiger partial charge in [0.2, 0.25) is 0 Å². The van der Waals surface area contributed by atoms with Gasteiger partial charge in [-0.1, -0.05) is 17.7 Å². The second-order valence-corrected chi connectivity index (χ2v) is 4.51. The number of rotatable bonds is 5. The van der Waals surface area contributed by atoms with E-state index in [4.69, 9.17) is 21.8 Å². The predicted octanol–water partition coefficient (Wildman–Crippen LogP) is 0.400. The first-order chi connectivity index (χ1) is 9.51. The van der Waals surface area contributed by atoms with E-state index in [2.05, 4.69) is 5.32 Å². The average molecular weight is 301 g/mol. The van der Waals surface area contributed by atoms with Gasteiger partial charge in [0.25, 0.3) is 0 Å². The summed E-state index contributed by atoms with van der Waals surface area (Å²) in [6.07, 6.45) is 0. The van der Waals surface area contributed by atoms with Gasteiger partial charge in [0, 0.05) is 23.8 Å². The summed E-state index contributed by atoms with van der Waals surface area (Å²) >= 11 is 5.93. The third-order valence-corrected chi connectivity index (χ3v) is 3.15. The van der Waals surface area contributed by atoms with Gasteiger partial charge in [-0.25, -0.2) is 0 Å². The van der Waals surface area contributed by atoms with Crippen LogP contribution in [0.15, 0.2) is 18.2 Å². The van der Waals surface area contributed by atoms with Crippen molar-refractivity contribution in [1.29, 1.82) is 0 Å². The van der Waals surface area contributed by atoms with E-state index in [1.807, 2.05) is 0 Å². The maximum absolute atomic E-state index is 11.9. The largest absolute Gasteiger partial charge is 0.395 e. The average Bonchev–Trinajstić information content (AvgIpc) is 2.42. The fourth-order valence-corrected chi connectivity index (χ4v) is 1.79. The van der Waals surface area contributed by atoms with Gasteiger partial charge in [-0.15, -0.1) is 0 Å². The molecule has 0 saturated carbocycles. The van der Waals surface area contributed by atoms with Gasteiger partial charge in [0.1, 0.15) is 0 Å². The summed E-state index contributed by atoms with van der Waals surface area (Å²) in [6, 6.07) is 4.97. The molecule has 0 spiro atoms. The highest BCUT2D eigenvalue weighted by molar-refractivity contribution is 6.40. The van der Waals surface area contributed by atoms with E-state index in [1.54, 1.807) is 25.1 Å². The second-order valence-electron chi connectivity index (χ2n) is 4.11. The number of amides is 2. The van der Waals surface area contributed by atoms with Crippen LogP contribution in [-0.4, -0.2) is 53.2 Å². The number of aliphatic hydroxyl groups is 2. The first kappa shape index (κ1) is 16.4. The van der Waals surface area contributed by atoms with Gasteiger partial charge in [-0.3, -0.25) is 9.59 Å². The van der Waals surface area contributed by atoms with Gasteiger partial charge in [-0.05, 0) is 24.6 Å². The minimum atomic E-state index is -0.836. The Morgan fingerprint density at radius 1 is 1.25 bits per heavy atom. The van der Waals surface area contributed by atoms with E-state index >= 15 is 0 Å². The minimum Gasteiger partial charge on any atom is -0.395 e. The van der Waals surface area contributed by atoms with E-state index in [1.165, 1.54) is 0 Å². The fraction of sp³-hybridized carbons (Fsp3) is 0.385. The molecule has 0 saturated heterocycles. The van der Waals surface area contributed by atoms with Crippen LogP contribution in [0.25, 0.3) is 0 Å². The molecule has 0 aliphatic carbocycles. The maximum atomic E-state index is 11.9. The molecule has 0 aliphatic rings. The maximum Gasteiger partial charge on any atom is 0.313 e. The lowest BCUT2D eigenvalue weighted by Crippen LogP contribution is -2.42. The molecule has 0 unspecified atom stereocenters. The van der Waals surface area contributed by atoms with Gasteiger partial charge < -0.3 is 20.4 Å². The summed E-state index contributed by atoms with van der Waals surface area (Å²) in [6.45, 7) is 1.13. The monoisotopic (exact) mass is 300 g/mol. The van der Waals surface area contributed by atoms with E-state index in [0.717, 1.165) is 4.90 Å². The predicted molar refractivity (Wildman–Crippen MR) is 75.6 cm³/mol. The van der Waals surface area contributed by atoms with Crippen LogP contribution in [0.2, 0.25) is 5.02 Å². The lowest BCUT2D eigenvalue weighted by atomic mass is 10.2. The number of benzene rings is 1. The number of aliphatic hydroxyl groups excluding tert-OH is 2. The summed E-state index contributed by atoms with van der Waals surface area (Å²) in [5.41, 5.74) is 1.11. The van der Waals surface area contributed by atoms with Crippen molar-refractivity contribution < 1.29 is 19.8 Å². The molecule has 110 valence electrons. The number of carbonyl (C=O) groups excluding carboxylic acids is 2. The summed E-state index contributed by atoms with van der Waals surface area (Å²) < 4.78 is 0. The number of nitrogens with zero attached hydrogens (tertiary/aromatic N) is 1. The summed E-state index contributed by atoms with van der Waals surface area (Å²) in [7, 11) is 0. The normalized spacial score (nSPS) is 10.2. The number of hydrogen-bond donors (Lipinski definition) is 3. The fourth-order valence-electron chi connectivity index (χ4n) is 1.62. The van der Waals surface area contributed by atoms with Crippen LogP contribution in [0, 0.1) is 6.92 Å². The highest BCUT2D eigenvalue weighted by atomic mass is 35.5. The molecule has 0 radical (unpaired) electrons. The number of halogens is 1. The van der Waals surface area contributed by atoms with Crippen molar-refractivity contribution in [2.45, 2.75) is 6.92 Å². The zero-order valence-corrected chi connectivity index (χ0v) is 11.9. The molecule has 2 amide bonds. The quantitative estimate of drug-likeness (QED) is 0.687. The second kappa shape index (κ2) is 7.84. The first-order valence-corrected chi connectivity index (χ1v) is 6.46. The zero-order chi connectivity index (χ0) is 15.1. The van der Waals surface area contributed by atoms with E-state index in [9.17, 15) is 9.59 Å². The Bertz CT molecular complexity index is 487. The van der Waals surface area contributed by atoms with Gasteiger partial charge in [0.05, 0.1) is 13.2 Å². The molecule has 0 aromatic heterocycles. The summed E-state index contributed by atoms with van der Waals surface area (Å²) in [5.74, 6) is -1.65. The number of carbonyl (C=O) groups is 2. The first-order valence-electron chi connectivity index (χ1n) is 6.08. The third-order valence-electron chi connectivity index (χ3n) is 2.74. The van der Waals surface area contributed by atoms with Gasteiger partial charge in [0.15, 0.2) is 0 Å². The highest BCUT2D eigenvalue weighted by Crippen LogP contribution is 2.22. The van der Waals surface area contributed by atoms with Crippen LogP contribution in [0.1, 0.15) is 5.56 Å². The van der Waals surface area contributed by atoms with Crippen LogP contribution >= 0.6 is 11.6 Å². The van der Waals surface area contributed by atoms with Crippen molar-refractivity contribution in [2.24, 2.45) is 0 Å². The summed E-state index contributed by atoms with van der Waals surface area (Å²) in [4.78, 5) is 24.8. The van der Waals surface area contributed by atoms with E-state index < -0.39 is 11.8 Å². The van der Waals surface area contributed by atoms with Gasteiger partial charge in [-0.2, -0.15) is 0 Å². The van der Waals surface area contributed by atoms with E-state index in [0.29, 0.717) is 16.3 Å². The molecule has 1 aromatic rings. The van der Waals surface area contributed by atoms with Crippen molar-refractivity contribution in [2.75, 3.05) is 31.6 Å². The lowest BCUT2D eigenvalue weighted by Gasteiger charge is -2.20. The third kappa shape index (κ3) is 4.19. The standard InChI is InChI=1S/C13H17ClN2O4/c1-9-10(14)3-2-4-11(9)15-12(19)13(20)16(5-7-17)6-8-18/h2-4,17-18H,5-8H2,1H3,(H,15,19). The Hall–Kier alpha value is -1.63. The number of anilines is 1. The molecule has 1 aromatic carbocycles. The Balaban J connectivity index is 2.79. The molecule has 7 heteroatoms. The summed E-state index contributed by atoms with van der Waals surface area (Å²) in [5, 5.41) is 20.6. The minimum absolute atomic E-state index is 0.0126. The van der Waals surface area contributed by atoms with Crippen molar-refractivity contribution in [3.05, 3.63) is 28.8 Å². The Morgan fingerprint density at radius 2 is 1.85 bits per heavy atom. The Labute approximate surface area is 122 Å². The molecule has 0 bridgehead atoms. The molecular formula is C13H17ClN2O4. The van der Waals surface area contributed by atoms with Crippen LogP contribution in [0.5, 0.6) is 0 Å². The van der Waals surface area contributed by atoms with Gasteiger partial charge >= 0.3 is 11.8 Å². The molecule has 6 nitrogen and oxygen atoms in total. The molecule has 20 heavy (non-hydrogen) atoms. The van der Waals surface area contributed by atoms with Crippen LogP contribution < -0.4 is 5.32 Å². The molecule has 3 N–H and O–H groups in total. The molecule has 0 atom stereocenters. The molecule has 0 fully saturated rings. The number of hydrogen-bond acceptors (Lipinski definition) is 4. The lowest BCUT2D eigenvalue weighted by molar-refractivity contribution is -0.143. The topological polar surface area (TPSA) is 89.9 Å². The molecular weight excluding hydrogens is 284 g/mol. The molecule has 0 heterocycles. The van der Waals surface area contributed by atoms with Crippen molar-refractivity contribution >= 4 is 29.1 Å². The molecule has 1 rings (SSSR count). The van der Waals surface area contributed by atoms with Crippen molar-refractivity contribution in [3.8, 4) is 0 Å². The van der Waals surface area contributed by atoms with Crippen molar-refractivity contribution in [3.63, 3.8) is 0 Å². The van der Waals surface area contributed by atoms with E-state index in [-0.39, 0.29) is 26.3 Å². The van der Waals surface area contributed by atoms with Crippen molar-refractivity contribution in [1.82, 2.24) is 4.90 Å². The Kier molecular flexibility index (Phi) is 6.44. The zero-order valence-electron chi connectivity index (χ0n) is 11.1.